The number of hydrogen-bond acceptors (Lipinski definition) is 6. The molecule has 1 aliphatic heterocycles. The Morgan fingerprint density at radius 3 is 2.46 bits per heavy atom. The molecule has 0 aromatic heterocycles. The fourth-order valence-corrected chi connectivity index (χ4v) is 3.47. The van der Waals surface area contributed by atoms with E-state index < -0.39 is 0 Å². The molecule has 2 aromatic rings. The standard InChI is InChI=1S/C20H24N4O3S/c1-13-3-5-14(6-4-13)11-17-19(26)22-20(24-23-17)28-12-18(25)21-15-7-9-16(27-2)10-8-15/h3-10,17,20,23-24H,11-12H2,1-2H3,(H,21,25)(H,22,26). The lowest BCUT2D eigenvalue weighted by atomic mass is 10.0. The minimum atomic E-state index is -0.372. The topological polar surface area (TPSA) is 91.5 Å². The van der Waals surface area contributed by atoms with Crippen LogP contribution in [-0.4, -0.2) is 36.2 Å². The average Bonchev–Trinajstić information content (AvgIpc) is 2.70. The van der Waals surface area contributed by atoms with Crippen LogP contribution in [0.5, 0.6) is 5.75 Å². The van der Waals surface area contributed by atoms with Crippen molar-refractivity contribution in [3.05, 3.63) is 59.7 Å². The second kappa shape index (κ2) is 9.59. The third-order valence-electron chi connectivity index (χ3n) is 4.29. The van der Waals surface area contributed by atoms with E-state index >= 15 is 0 Å². The number of aryl methyl sites for hydroxylation is 1. The normalized spacial score (nSPS) is 19.0. The van der Waals surface area contributed by atoms with Gasteiger partial charge < -0.3 is 15.4 Å². The fraction of sp³-hybridized carbons (Fsp3) is 0.300. The molecule has 4 N–H and O–H groups in total. The maximum absolute atomic E-state index is 12.3. The van der Waals surface area contributed by atoms with E-state index in [-0.39, 0.29) is 29.1 Å². The predicted molar refractivity (Wildman–Crippen MR) is 111 cm³/mol. The Kier molecular flexibility index (Phi) is 6.91. The molecular weight excluding hydrogens is 376 g/mol. The molecule has 0 spiro atoms. The Bertz CT molecular complexity index is 811. The van der Waals surface area contributed by atoms with Gasteiger partial charge in [0.05, 0.1) is 12.9 Å². The molecule has 2 unspecified atom stereocenters. The van der Waals surface area contributed by atoms with E-state index in [9.17, 15) is 9.59 Å². The summed E-state index contributed by atoms with van der Waals surface area (Å²) in [6.07, 6.45) is 0.592. The maximum atomic E-state index is 12.3. The number of benzene rings is 2. The zero-order valence-electron chi connectivity index (χ0n) is 15.8. The van der Waals surface area contributed by atoms with Crippen molar-refractivity contribution in [2.45, 2.75) is 24.9 Å². The number of ether oxygens (including phenoxy) is 1. The van der Waals surface area contributed by atoms with Crippen LogP contribution < -0.4 is 26.2 Å². The van der Waals surface area contributed by atoms with Gasteiger partial charge in [0.25, 0.3) is 0 Å². The largest absolute Gasteiger partial charge is 0.497 e. The Hall–Kier alpha value is -2.55. The van der Waals surface area contributed by atoms with E-state index in [1.165, 1.54) is 17.3 Å². The second-order valence-electron chi connectivity index (χ2n) is 6.51. The first-order valence-corrected chi connectivity index (χ1v) is 10.0. The molecule has 0 radical (unpaired) electrons. The minimum absolute atomic E-state index is 0.0904. The zero-order chi connectivity index (χ0) is 19.9. The number of methoxy groups -OCH3 is 1. The van der Waals surface area contributed by atoms with Gasteiger partial charge in [0.15, 0.2) is 0 Å². The van der Waals surface area contributed by atoms with Gasteiger partial charge in [0.1, 0.15) is 17.3 Å². The highest BCUT2D eigenvalue weighted by Crippen LogP contribution is 2.16. The number of nitrogens with one attached hydrogen (secondary N) is 4. The van der Waals surface area contributed by atoms with E-state index in [4.69, 9.17) is 4.74 Å². The number of hydrazine groups is 1. The molecule has 0 saturated carbocycles. The highest BCUT2D eigenvalue weighted by molar-refractivity contribution is 8.00. The average molecular weight is 401 g/mol. The van der Waals surface area contributed by atoms with Crippen LogP contribution in [0.3, 0.4) is 0 Å². The molecule has 3 rings (SSSR count). The minimum Gasteiger partial charge on any atom is -0.497 e. The van der Waals surface area contributed by atoms with Crippen molar-refractivity contribution < 1.29 is 14.3 Å². The van der Waals surface area contributed by atoms with Crippen molar-refractivity contribution in [1.29, 1.82) is 0 Å². The van der Waals surface area contributed by atoms with Crippen molar-refractivity contribution in [2.24, 2.45) is 0 Å². The van der Waals surface area contributed by atoms with Crippen LogP contribution in [0.25, 0.3) is 0 Å². The summed E-state index contributed by atoms with van der Waals surface area (Å²) in [7, 11) is 1.59. The van der Waals surface area contributed by atoms with Gasteiger partial charge in [-0.1, -0.05) is 29.8 Å². The first-order valence-electron chi connectivity index (χ1n) is 8.96. The summed E-state index contributed by atoms with van der Waals surface area (Å²) in [5.41, 5.74) is 8.69. The summed E-state index contributed by atoms with van der Waals surface area (Å²) in [6, 6.07) is 14.9. The monoisotopic (exact) mass is 400 g/mol. The van der Waals surface area contributed by atoms with Crippen LogP contribution in [0.2, 0.25) is 0 Å². The van der Waals surface area contributed by atoms with Crippen molar-refractivity contribution >= 4 is 29.3 Å². The molecule has 1 aliphatic rings. The summed E-state index contributed by atoms with van der Waals surface area (Å²) < 4.78 is 5.09. The molecule has 1 heterocycles. The number of anilines is 1. The SMILES string of the molecule is COc1ccc(NC(=O)CSC2NNC(Cc3ccc(C)cc3)C(=O)N2)cc1. The molecule has 2 amide bonds. The quantitative estimate of drug-likeness (QED) is 0.567. The first kappa shape index (κ1) is 20.2. The molecule has 7 nitrogen and oxygen atoms in total. The fourth-order valence-electron chi connectivity index (χ4n) is 2.73. The molecule has 0 bridgehead atoms. The van der Waals surface area contributed by atoms with E-state index in [0.717, 1.165) is 11.3 Å². The van der Waals surface area contributed by atoms with Crippen LogP contribution in [0.1, 0.15) is 11.1 Å². The van der Waals surface area contributed by atoms with Crippen molar-refractivity contribution in [1.82, 2.24) is 16.2 Å². The van der Waals surface area contributed by atoms with E-state index in [1.807, 2.05) is 31.2 Å². The molecule has 2 aromatic carbocycles. The zero-order valence-corrected chi connectivity index (χ0v) is 16.6. The second-order valence-corrected chi connectivity index (χ2v) is 7.60. The summed E-state index contributed by atoms with van der Waals surface area (Å²) in [5, 5.41) is 5.70. The van der Waals surface area contributed by atoms with Gasteiger partial charge in [-0.3, -0.25) is 9.59 Å². The number of hydrogen-bond donors (Lipinski definition) is 4. The summed E-state index contributed by atoms with van der Waals surface area (Å²) in [4.78, 5) is 24.4. The number of carbonyl (C=O) groups excluding carboxylic acids is 2. The lowest BCUT2D eigenvalue weighted by Gasteiger charge is -2.31. The van der Waals surface area contributed by atoms with Gasteiger partial charge in [-0.05, 0) is 43.2 Å². The van der Waals surface area contributed by atoms with E-state index in [0.29, 0.717) is 12.1 Å². The molecule has 0 aliphatic carbocycles. The van der Waals surface area contributed by atoms with Crippen molar-refractivity contribution in [3.8, 4) is 5.75 Å². The molecule has 1 saturated heterocycles. The number of carbonyl (C=O) groups is 2. The van der Waals surface area contributed by atoms with Crippen LogP contribution in [0.4, 0.5) is 5.69 Å². The maximum Gasteiger partial charge on any atom is 0.240 e. The van der Waals surface area contributed by atoms with Crippen molar-refractivity contribution in [3.63, 3.8) is 0 Å². The molecule has 8 heteroatoms. The third kappa shape index (κ3) is 5.72. The van der Waals surface area contributed by atoms with Crippen LogP contribution in [-0.2, 0) is 16.0 Å². The Balaban J connectivity index is 1.42. The lowest BCUT2D eigenvalue weighted by molar-refractivity contribution is -0.125. The van der Waals surface area contributed by atoms with Gasteiger partial charge >= 0.3 is 0 Å². The van der Waals surface area contributed by atoms with Gasteiger partial charge in [0, 0.05) is 5.69 Å². The molecule has 28 heavy (non-hydrogen) atoms. The smallest absolute Gasteiger partial charge is 0.240 e. The van der Waals surface area contributed by atoms with Gasteiger partial charge in [-0.15, -0.1) is 11.8 Å². The number of amides is 2. The van der Waals surface area contributed by atoms with E-state index in [2.05, 4.69) is 21.5 Å². The van der Waals surface area contributed by atoms with E-state index in [1.54, 1.807) is 31.4 Å². The van der Waals surface area contributed by atoms with Gasteiger partial charge in [-0.25, -0.2) is 10.9 Å². The Morgan fingerprint density at radius 1 is 1.11 bits per heavy atom. The third-order valence-corrected chi connectivity index (χ3v) is 5.29. The molecular formula is C20H24N4O3S. The summed E-state index contributed by atoms with van der Waals surface area (Å²) in [5.74, 6) is 0.696. The molecule has 148 valence electrons. The van der Waals surface area contributed by atoms with Crippen LogP contribution in [0.15, 0.2) is 48.5 Å². The number of rotatable bonds is 7. The van der Waals surface area contributed by atoms with Gasteiger partial charge in [-0.2, -0.15) is 0 Å². The summed E-state index contributed by atoms with van der Waals surface area (Å²) in [6.45, 7) is 2.03. The Morgan fingerprint density at radius 2 is 1.82 bits per heavy atom. The van der Waals surface area contributed by atoms with Crippen molar-refractivity contribution in [2.75, 3.05) is 18.2 Å². The molecule has 2 atom stereocenters. The van der Waals surface area contributed by atoms with Crippen LogP contribution >= 0.6 is 11.8 Å². The van der Waals surface area contributed by atoms with Crippen LogP contribution in [0, 0.1) is 6.92 Å². The van der Waals surface area contributed by atoms with Gasteiger partial charge in [0.2, 0.25) is 11.8 Å². The highest BCUT2D eigenvalue weighted by atomic mass is 32.2. The first-order chi connectivity index (χ1) is 13.5. The summed E-state index contributed by atoms with van der Waals surface area (Å²) >= 11 is 1.30. The Labute approximate surface area is 168 Å². The predicted octanol–water partition coefficient (Wildman–Crippen LogP) is 1.79. The molecule has 1 fully saturated rings. The highest BCUT2D eigenvalue weighted by Gasteiger charge is 2.27. The lowest BCUT2D eigenvalue weighted by Crippen LogP contribution is -2.64. The number of thioether (sulfide) groups is 1.